The number of hydrogen-bond acceptors (Lipinski definition) is 3. The number of hydrogen-bond donors (Lipinski definition) is 0. The summed E-state index contributed by atoms with van der Waals surface area (Å²) in [5, 5.41) is 8.63. The Labute approximate surface area is 116 Å². The van der Waals surface area contributed by atoms with Crippen LogP contribution in [0.2, 0.25) is 5.02 Å². The van der Waals surface area contributed by atoms with Gasteiger partial charge in [0.1, 0.15) is 0 Å². The molecule has 7 heteroatoms. The predicted molar refractivity (Wildman–Crippen MR) is 72.0 cm³/mol. The van der Waals surface area contributed by atoms with Gasteiger partial charge in [0.2, 0.25) is 0 Å². The van der Waals surface area contributed by atoms with Gasteiger partial charge in [-0.25, -0.2) is 0 Å². The summed E-state index contributed by atoms with van der Waals surface area (Å²) in [7, 11) is 5.32. The van der Waals surface area contributed by atoms with Crippen LogP contribution in [0.3, 0.4) is 0 Å². The number of rotatable bonds is 3. The van der Waals surface area contributed by atoms with Crippen molar-refractivity contribution in [3.63, 3.8) is 0 Å². The van der Waals surface area contributed by atoms with Gasteiger partial charge in [-0.2, -0.15) is 10.2 Å². The maximum absolute atomic E-state index is 12.3. The van der Waals surface area contributed by atoms with Gasteiger partial charge in [-0.1, -0.05) is 11.6 Å². The summed E-state index contributed by atoms with van der Waals surface area (Å²) in [6, 6.07) is 0. The standard InChI is InChI=1S/C12H16ClN5O/c1-8-10(13)11(15-18(8)4)12(19)16(2)6-9-5-14-17(3)7-9/h5,7H,6H2,1-4H3. The first-order valence-corrected chi connectivity index (χ1v) is 6.20. The zero-order valence-electron chi connectivity index (χ0n) is 11.4. The van der Waals surface area contributed by atoms with Crippen molar-refractivity contribution in [3.05, 3.63) is 34.4 Å². The fourth-order valence-corrected chi connectivity index (χ4v) is 2.04. The van der Waals surface area contributed by atoms with Crippen molar-refractivity contribution in [2.45, 2.75) is 13.5 Å². The molecule has 0 aliphatic heterocycles. The molecule has 19 heavy (non-hydrogen) atoms. The molecule has 0 radical (unpaired) electrons. The van der Waals surface area contributed by atoms with Gasteiger partial charge >= 0.3 is 0 Å². The number of aromatic nitrogens is 4. The minimum Gasteiger partial charge on any atom is -0.336 e. The summed E-state index contributed by atoms with van der Waals surface area (Å²) < 4.78 is 3.30. The fraction of sp³-hybridized carbons (Fsp3) is 0.417. The van der Waals surface area contributed by atoms with E-state index in [9.17, 15) is 4.79 Å². The van der Waals surface area contributed by atoms with Crippen molar-refractivity contribution in [1.82, 2.24) is 24.5 Å². The molecular weight excluding hydrogens is 266 g/mol. The van der Waals surface area contributed by atoms with E-state index in [2.05, 4.69) is 10.2 Å². The Morgan fingerprint density at radius 2 is 2.16 bits per heavy atom. The highest BCUT2D eigenvalue weighted by molar-refractivity contribution is 6.34. The number of nitrogens with zero attached hydrogens (tertiary/aromatic N) is 5. The number of amides is 1. The van der Waals surface area contributed by atoms with Crippen molar-refractivity contribution in [1.29, 1.82) is 0 Å². The minimum absolute atomic E-state index is 0.197. The number of aryl methyl sites for hydroxylation is 2. The molecule has 2 aromatic heterocycles. The molecule has 0 unspecified atom stereocenters. The van der Waals surface area contributed by atoms with E-state index in [0.29, 0.717) is 11.6 Å². The van der Waals surface area contributed by atoms with Crippen LogP contribution in [0.15, 0.2) is 12.4 Å². The second-order valence-corrected chi connectivity index (χ2v) is 4.93. The molecule has 2 aromatic rings. The lowest BCUT2D eigenvalue weighted by Gasteiger charge is -2.14. The predicted octanol–water partition coefficient (Wildman–Crippen LogP) is 1.39. The molecule has 2 rings (SSSR count). The largest absolute Gasteiger partial charge is 0.336 e. The van der Waals surface area contributed by atoms with Gasteiger partial charge in [0.05, 0.1) is 16.9 Å². The molecule has 0 aliphatic carbocycles. The second kappa shape index (κ2) is 5.05. The Morgan fingerprint density at radius 1 is 1.47 bits per heavy atom. The van der Waals surface area contributed by atoms with Crippen LogP contribution in [0.4, 0.5) is 0 Å². The molecule has 0 fully saturated rings. The Bertz CT molecular complexity index is 616. The van der Waals surface area contributed by atoms with Crippen LogP contribution in [-0.4, -0.2) is 37.4 Å². The van der Waals surface area contributed by atoms with E-state index in [1.165, 1.54) is 0 Å². The van der Waals surface area contributed by atoms with Crippen LogP contribution in [0.25, 0.3) is 0 Å². The Hall–Kier alpha value is -1.82. The van der Waals surface area contributed by atoms with Crippen molar-refractivity contribution < 1.29 is 4.79 Å². The highest BCUT2D eigenvalue weighted by atomic mass is 35.5. The van der Waals surface area contributed by atoms with Crippen molar-refractivity contribution >= 4 is 17.5 Å². The van der Waals surface area contributed by atoms with Crippen LogP contribution >= 0.6 is 11.6 Å². The van der Waals surface area contributed by atoms with Crippen LogP contribution < -0.4 is 0 Å². The van der Waals surface area contributed by atoms with Gasteiger partial charge in [-0.05, 0) is 6.92 Å². The number of carbonyl (C=O) groups is 1. The molecule has 1 amide bonds. The third kappa shape index (κ3) is 2.63. The summed E-state index contributed by atoms with van der Waals surface area (Å²) in [5.74, 6) is -0.197. The third-order valence-corrected chi connectivity index (χ3v) is 3.44. The SMILES string of the molecule is Cc1c(Cl)c(C(=O)N(C)Cc2cnn(C)c2)nn1C. The van der Waals surface area contributed by atoms with Crippen molar-refractivity contribution in [3.8, 4) is 0 Å². The summed E-state index contributed by atoms with van der Waals surface area (Å²) in [4.78, 5) is 13.9. The zero-order valence-corrected chi connectivity index (χ0v) is 12.1. The molecule has 0 N–H and O–H groups in total. The first-order chi connectivity index (χ1) is 8.90. The molecule has 0 spiro atoms. The summed E-state index contributed by atoms with van der Waals surface area (Å²) in [5.41, 5.74) is 2.02. The van der Waals surface area contributed by atoms with E-state index < -0.39 is 0 Å². The molecule has 102 valence electrons. The van der Waals surface area contributed by atoms with Gasteiger partial charge in [0, 0.05) is 39.4 Å². The molecule has 0 bridgehead atoms. The average molecular weight is 282 g/mol. The molecule has 2 heterocycles. The van der Waals surface area contributed by atoms with Crippen molar-refractivity contribution in [2.75, 3.05) is 7.05 Å². The van der Waals surface area contributed by atoms with E-state index >= 15 is 0 Å². The first kappa shape index (κ1) is 13.6. The second-order valence-electron chi connectivity index (χ2n) is 4.56. The summed E-state index contributed by atoms with van der Waals surface area (Å²) in [6.07, 6.45) is 3.60. The smallest absolute Gasteiger partial charge is 0.275 e. The molecule has 0 atom stereocenters. The highest BCUT2D eigenvalue weighted by Crippen LogP contribution is 2.20. The average Bonchev–Trinajstić information content (AvgIpc) is 2.87. The Morgan fingerprint density at radius 3 is 2.63 bits per heavy atom. The van der Waals surface area contributed by atoms with Gasteiger partial charge in [-0.15, -0.1) is 0 Å². The van der Waals surface area contributed by atoms with Gasteiger partial charge in [0.25, 0.3) is 5.91 Å². The van der Waals surface area contributed by atoms with Gasteiger partial charge in [-0.3, -0.25) is 14.2 Å². The van der Waals surface area contributed by atoms with Crippen LogP contribution in [0.1, 0.15) is 21.7 Å². The van der Waals surface area contributed by atoms with E-state index in [1.807, 2.05) is 20.2 Å². The van der Waals surface area contributed by atoms with Crippen LogP contribution in [-0.2, 0) is 20.6 Å². The van der Waals surface area contributed by atoms with Crippen molar-refractivity contribution in [2.24, 2.45) is 14.1 Å². The lowest BCUT2D eigenvalue weighted by Crippen LogP contribution is -2.26. The van der Waals surface area contributed by atoms with E-state index in [0.717, 1.165) is 11.3 Å². The lowest BCUT2D eigenvalue weighted by atomic mass is 10.3. The number of halogens is 1. The topological polar surface area (TPSA) is 56.0 Å². The third-order valence-electron chi connectivity index (χ3n) is 2.99. The molecule has 6 nitrogen and oxygen atoms in total. The number of carbonyl (C=O) groups excluding carboxylic acids is 1. The van der Waals surface area contributed by atoms with Crippen LogP contribution in [0.5, 0.6) is 0 Å². The maximum atomic E-state index is 12.3. The van der Waals surface area contributed by atoms with E-state index in [1.54, 1.807) is 34.6 Å². The molecular formula is C12H16ClN5O. The van der Waals surface area contributed by atoms with E-state index in [-0.39, 0.29) is 11.6 Å². The molecule has 0 saturated carbocycles. The summed E-state index contributed by atoms with van der Waals surface area (Å²) in [6.45, 7) is 2.30. The molecule has 0 saturated heterocycles. The van der Waals surface area contributed by atoms with Gasteiger partial charge < -0.3 is 4.90 Å². The fourth-order valence-electron chi connectivity index (χ4n) is 1.80. The molecule has 0 aliphatic rings. The summed E-state index contributed by atoms with van der Waals surface area (Å²) >= 11 is 6.11. The lowest BCUT2D eigenvalue weighted by molar-refractivity contribution is 0.0778. The van der Waals surface area contributed by atoms with Crippen LogP contribution in [0, 0.1) is 6.92 Å². The van der Waals surface area contributed by atoms with E-state index in [4.69, 9.17) is 11.6 Å². The minimum atomic E-state index is -0.197. The Balaban J connectivity index is 2.17. The highest BCUT2D eigenvalue weighted by Gasteiger charge is 2.21. The van der Waals surface area contributed by atoms with Gasteiger partial charge in [0.15, 0.2) is 5.69 Å². The molecule has 0 aromatic carbocycles. The first-order valence-electron chi connectivity index (χ1n) is 5.82. The normalized spacial score (nSPS) is 10.8. The zero-order chi connectivity index (χ0) is 14.2. The monoisotopic (exact) mass is 281 g/mol. The maximum Gasteiger partial charge on any atom is 0.275 e. The Kier molecular flexibility index (Phi) is 3.61. The quantitative estimate of drug-likeness (QED) is 0.854.